The number of ether oxygens (including phenoxy) is 2. The van der Waals surface area contributed by atoms with Crippen molar-refractivity contribution in [2.75, 3.05) is 13.7 Å². The molecule has 0 amide bonds. The van der Waals surface area contributed by atoms with Crippen LogP contribution in [0.3, 0.4) is 0 Å². The first-order valence-corrected chi connectivity index (χ1v) is 7.54. The molecule has 0 bridgehead atoms. The second-order valence-electron chi connectivity index (χ2n) is 4.96. The van der Waals surface area contributed by atoms with Crippen LogP contribution >= 0.6 is 15.9 Å². The zero-order valence-electron chi connectivity index (χ0n) is 11.6. The fourth-order valence-electron chi connectivity index (χ4n) is 1.95. The average Bonchev–Trinajstić information content (AvgIpc) is 3.19. The minimum Gasteiger partial charge on any atom is -0.492 e. The van der Waals surface area contributed by atoms with Crippen LogP contribution in [0.2, 0.25) is 0 Å². The number of rotatable bonds is 6. The Labute approximate surface area is 130 Å². The Morgan fingerprint density at radius 3 is 2.86 bits per heavy atom. The molecule has 0 saturated heterocycles. The fourth-order valence-corrected chi connectivity index (χ4v) is 2.55. The van der Waals surface area contributed by atoms with Crippen LogP contribution in [-0.2, 0) is 6.54 Å². The Balaban J connectivity index is 1.92. The number of hydrogen-bond acceptors (Lipinski definition) is 6. The summed E-state index contributed by atoms with van der Waals surface area (Å²) in [6.07, 6.45) is 2.46. The molecule has 0 radical (unpaired) electrons. The Bertz CT molecular complexity index is 640. The molecule has 0 atom stereocenters. The molecular weight excluding hydrogens is 338 g/mol. The number of benzene rings is 1. The maximum absolute atomic E-state index is 5.86. The van der Waals surface area contributed by atoms with E-state index in [9.17, 15) is 0 Å². The third-order valence-corrected chi connectivity index (χ3v) is 3.88. The zero-order valence-corrected chi connectivity index (χ0v) is 13.2. The lowest BCUT2D eigenvalue weighted by Gasteiger charge is -2.13. The minimum absolute atomic E-state index is 0.218. The van der Waals surface area contributed by atoms with Gasteiger partial charge in [-0.25, -0.2) is 0 Å². The van der Waals surface area contributed by atoms with Gasteiger partial charge < -0.3 is 19.7 Å². The SMILES string of the molecule is COc1c(Br)cc(-c2noc(CN)n2)cc1OCC1CC1. The van der Waals surface area contributed by atoms with E-state index >= 15 is 0 Å². The van der Waals surface area contributed by atoms with Crippen LogP contribution in [0.15, 0.2) is 21.1 Å². The predicted molar refractivity (Wildman–Crippen MR) is 80.1 cm³/mol. The van der Waals surface area contributed by atoms with Gasteiger partial charge in [-0.2, -0.15) is 4.98 Å². The molecule has 1 aliphatic carbocycles. The fraction of sp³-hybridized carbons (Fsp3) is 0.429. The Kier molecular flexibility index (Phi) is 4.12. The molecule has 7 heteroatoms. The van der Waals surface area contributed by atoms with Gasteiger partial charge >= 0.3 is 0 Å². The van der Waals surface area contributed by atoms with Crippen molar-refractivity contribution < 1.29 is 14.0 Å². The van der Waals surface area contributed by atoms with Crippen molar-refractivity contribution in [2.24, 2.45) is 11.7 Å². The first-order chi connectivity index (χ1) is 10.2. The lowest BCUT2D eigenvalue weighted by molar-refractivity contribution is 0.280. The summed E-state index contributed by atoms with van der Waals surface area (Å²) in [5.41, 5.74) is 6.27. The lowest BCUT2D eigenvalue weighted by Crippen LogP contribution is -2.02. The maximum atomic E-state index is 5.86. The van der Waals surface area contributed by atoms with E-state index in [-0.39, 0.29) is 6.54 Å². The Morgan fingerprint density at radius 2 is 2.24 bits per heavy atom. The quantitative estimate of drug-likeness (QED) is 0.859. The van der Waals surface area contributed by atoms with Crippen LogP contribution in [0.25, 0.3) is 11.4 Å². The van der Waals surface area contributed by atoms with Gasteiger partial charge in [-0.15, -0.1) is 0 Å². The van der Waals surface area contributed by atoms with E-state index in [1.54, 1.807) is 7.11 Å². The van der Waals surface area contributed by atoms with Gasteiger partial charge in [-0.1, -0.05) is 5.16 Å². The molecule has 0 aliphatic heterocycles. The van der Waals surface area contributed by atoms with E-state index in [1.807, 2.05) is 12.1 Å². The number of nitrogens with zero attached hydrogens (tertiary/aromatic N) is 2. The molecule has 0 unspecified atom stereocenters. The van der Waals surface area contributed by atoms with Crippen LogP contribution in [0.5, 0.6) is 11.5 Å². The standard InChI is InChI=1S/C14H16BrN3O3/c1-19-13-10(15)4-9(14-17-12(6-16)21-18-14)5-11(13)20-7-8-2-3-8/h4-5,8H,2-3,6-7,16H2,1H3. The van der Waals surface area contributed by atoms with Crippen molar-refractivity contribution in [3.05, 3.63) is 22.5 Å². The molecule has 1 aromatic heterocycles. The lowest BCUT2D eigenvalue weighted by atomic mass is 10.2. The van der Waals surface area contributed by atoms with Crippen LogP contribution in [-0.4, -0.2) is 23.9 Å². The van der Waals surface area contributed by atoms with Gasteiger partial charge in [-0.05, 0) is 46.8 Å². The molecule has 2 aromatic rings. The topological polar surface area (TPSA) is 83.4 Å². The molecular formula is C14H16BrN3O3. The first-order valence-electron chi connectivity index (χ1n) is 6.74. The van der Waals surface area contributed by atoms with Gasteiger partial charge in [0.05, 0.1) is 24.7 Å². The smallest absolute Gasteiger partial charge is 0.240 e. The van der Waals surface area contributed by atoms with Gasteiger partial charge in [0.1, 0.15) is 0 Å². The van der Waals surface area contributed by atoms with E-state index in [0.717, 1.165) is 10.0 Å². The van der Waals surface area contributed by atoms with Crippen molar-refractivity contribution in [3.63, 3.8) is 0 Å². The van der Waals surface area contributed by atoms with Crippen LogP contribution in [0.1, 0.15) is 18.7 Å². The van der Waals surface area contributed by atoms with Crippen molar-refractivity contribution >= 4 is 15.9 Å². The number of aromatic nitrogens is 2. The second kappa shape index (κ2) is 6.03. The number of methoxy groups -OCH3 is 1. The third-order valence-electron chi connectivity index (χ3n) is 3.29. The molecule has 1 fully saturated rings. The van der Waals surface area contributed by atoms with Crippen LogP contribution in [0, 0.1) is 5.92 Å². The molecule has 3 rings (SSSR count). The number of nitrogens with two attached hydrogens (primary N) is 1. The summed E-state index contributed by atoms with van der Waals surface area (Å²) >= 11 is 3.49. The largest absolute Gasteiger partial charge is 0.492 e. The minimum atomic E-state index is 0.218. The molecule has 1 saturated carbocycles. The highest BCUT2D eigenvalue weighted by molar-refractivity contribution is 9.10. The van der Waals surface area contributed by atoms with Gasteiger partial charge in [0.15, 0.2) is 11.5 Å². The molecule has 6 nitrogen and oxygen atoms in total. The van der Waals surface area contributed by atoms with Crippen LogP contribution in [0.4, 0.5) is 0 Å². The summed E-state index contributed by atoms with van der Waals surface area (Å²) in [6, 6.07) is 3.73. The summed E-state index contributed by atoms with van der Waals surface area (Å²) in [7, 11) is 1.62. The monoisotopic (exact) mass is 353 g/mol. The maximum Gasteiger partial charge on any atom is 0.240 e. The highest BCUT2D eigenvalue weighted by Crippen LogP contribution is 2.40. The summed E-state index contributed by atoms with van der Waals surface area (Å²) in [6.45, 7) is 0.919. The van der Waals surface area contributed by atoms with E-state index in [2.05, 4.69) is 26.1 Å². The average molecular weight is 354 g/mol. The van der Waals surface area contributed by atoms with Gasteiger partial charge in [0, 0.05) is 5.56 Å². The van der Waals surface area contributed by atoms with Crippen LogP contribution < -0.4 is 15.2 Å². The van der Waals surface area contributed by atoms with Gasteiger partial charge in [0.2, 0.25) is 11.7 Å². The van der Waals surface area contributed by atoms with E-state index in [0.29, 0.717) is 35.7 Å². The van der Waals surface area contributed by atoms with Gasteiger partial charge in [-0.3, -0.25) is 0 Å². The van der Waals surface area contributed by atoms with Crippen molar-refractivity contribution in [3.8, 4) is 22.9 Å². The molecule has 2 N–H and O–H groups in total. The highest BCUT2D eigenvalue weighted by Gasteiger charge is 2.23. The van der Waals surface area contributed by atoms with E-state index < -0.39 is 0 Å². The molecule has 1 aliphatic rings. The third kappa shape index (κ3) is 3.19. The number of halogens is 1. The van der Waals surface area contributed by atoms with Crippen molar-refractivity contribution in [1.82, 2.24) is 10.1 Å². The summed E-state index contributed by atoms with van der Waals surface area (Å²) < 4.78 is 17.1. The highest BCUT2D eigenvalue weighted by atomic mass is 79.9. The molecule has 1 heterocycles. The number of hydrogen-bond donors (Lipinski definition) is 1. The zero-order chi connectivity index (χ0) is 14.8. The van der Waals surface area contributed by atoms with E-state index in [1.165, 1.54) is 12.8 Å². The Morgan fingerprint density at radius 1 is 1.43 bits per heavy atom. The summed E-state index contributed by atoms with van der Waals surface area (Å²) in [5, 5.41) is 3.92. The van der Waals surface area contributed by atoms with Gasteiger partial charge in [0.25, 0.3) is 0 Å². The van der Waals surface area contributed by atoms with Crippen molar-refractivity contribution in [1.29, 1.82) is 0 Å². The second-order valence-corrected chi connectivity index (χ2v) is 5.81. The molecule has 21 heavy (non-hydrogen) atoms. The molecule has 1 aromatic carbocycles. The summed E-state index contributed by atoms with van der Waals surface area (Å²) in [4.78, 5) is 4.22. The summed E-state index contributed by atoms with van der Waals surface area (Å²) in [5.74, 6) is 2.88. The Hall–Kier alpha value is -1.60. The molecule has 112 valence electrons. The molecule has 0 spiro atoms. The first kappa shape index (κ1) is 14.3. The predicted octanol–water partition coefficient (Wildman–Crippen LogP) is 2.76. The van der Waals surface area contributed by atoms with E-state index in [4.69, 9.17) is 19.7 Å². The normalized spacial score (nSPS) is 14.2. The van der Waals surface area contributed by atoms with Crippen molar-refractivity contribution in [2.45, 2.75) is 19.4 Å².